The number of anilines is 1. The Kier molecular flexibility index (Phi) is 4.52. The summed E-state index contributed by atoms with van der Waals surface area (Å²) >= 11 is 11.8. The number of hydrogen-bond donors (Lipinski definition) is 0. The van der Waals surface area contributed by atoms with Crippen LogP contribution in [-0.4, -0.2) is 18.3 Å². The zero-order valence-electron chi connectivity index (χ0n) is 10.5. The average Bonchev–Trinajstić information content (AvgIpc) is 2.38. The Hall–Kier alpha value is -0.730. The first kappa shape index (κ1) is 13.7. The predicted molar refractivity (Wildman–Crippen MR) is 76.8 cm³/mol. The molecule has 2 nitrogen and oxygen atoms in total. The van der Waals surface area contributed by atoms with Crippen molar-refractivity contribution >= 4 is 34.1 Å². The van der Waals surface area contributed by atoms with Gasteiger partial charge in [0, 0.05) is 13.1 Å². The van der Waals surface area contributed by atoms with E-state index in [0.29, 0.717) is 5.02 Å². The fourth-order valence-electron chi connectivity index (χ4n) is 2.31. The van der Waals surface area contributed by atoms with E-state index in [1.54, 1.807) is 6.92 Å². The molecule has 1 aliphatic heterocycles. The molecule has 1 saturated heterocycles. The normalized spacial score (nSPS) is 17.6. The Bertz CT molecular complexity index is 441. The molecule has 1 heterocycles. The number of piperidine rings is 1. The van der Waals surface area contributed by atoms with Gasteiger partial charge in [-0.1, -0.05) is 24.6 Å². The van der Waals surface area contributed by atoms with Gasteiger partial charge in [0.05, 0.1) is 16.6 Å². The van der Waals surface area contributed by atoms with Crippen molar-refractivity contribution in [1.82, 2.24) is 0 Å². The van der Waals surface area contributed by atoms with E-state index in [2.05, 4.69) is 4.90 Å². The molecule has 4 heteroatoms. The van der Waals surface area contributed by atoms with E-state index in [1.165, 1.54) is 19.3 Å². The minimum Gasteiger partial charge on any atom is -0.370 e. The first-order valence-electron chi connectivity index (χ1n) is 6.33. The lowest BCUT2D eigenvalue weighted by Gasteiger charge is -2.29. The van der Waals surface area contributed by atoms with Crippen molar-refractivity contribution in [2.45, 2.75) is 32.1 Å². The fraction of sp³-hybridized carbons (Fsp3) is 0.500. The second kappa shape index (κ2) is 5.94. The van der Waals surface area contributed by atoms with Crippen LogP contribution >= 0.6 is 23.2 Å². The Morgan fingerprint density at radius 1 is 1.28 bits per heavy atom. The molecule has 2 rings (SSSR count). The van der Waals surface area contributed by atoms with E-state index in [4.69, 9.17) is 23.2 Å². The standard InChI is InChI=1S/C14H17Cl2NO/c1-10(14(16)18)11-5-6-13(12(15)9-11)17-7-3-2-4-8-17/h5-6,9-10H,2-4,7-8H2,1H3/t10-/m1/s1. The highest BCUT2D eigenvalue weighted by molar-refractivity contribution is 6.64. The summed E-state index contributed by atoms with van der Waals surface area (Å²) in [5.41, 5.74) is 1.94. The summed E-state index contributed by atoms with van der Waals surface area (Å²) in [4.78, 5) is 13.5. The van der Waals surface area contributed by atoms with Crippen molar-refractivity contribution in [3.63, 3.8) is 0 Å². The summed E-state index contributed by atoms with van der Waals surface area (Å²) in [6, 6.07) is 5.80. The van der Waals surface area contributed by atoms with Gasteiger partial charge in [0.15, 0.2) is 0 Å². The van der Waals surface area contributed by atoms with Crippen molar-refractivity contribution in [1.29, 1.82) is 0 Å². The number of nitrogens with zero attached hydrogens (tertiary/aromatic N) is 1. The lowest BCUT2D eigenvalue weighted by atomic mass is 10.0. The largest absolute Gasteiger partial charge is 0.370 e. The third-order valence-corrected chi connectivity index (χ3v) is 4.14. The van der Waals surface area contributed by atoms with Crippen LogP contribution < -0.4 is 4.90 Å². The summed E-state index contributed by atoms with van der Waals surface area (Å²) < 4.78 is 0. The van der Waals surface area contributed by atoms with E-state index in [-0.39, 0.29) is 11.2 Å². The van der Waals surface area contributed by atoms with Crippen molar-refractivity contribution in [3.8, 4) is 0 Å². The van der Waals surface area contributed by atoms with Crippen LogP contribution in [0.2, 0.25) is 5.02 Å². The minimum absolute atomic E-state index is 0.306. The van der Waals surface area contributed by atoms with Gasteiger partial charge in [-0.2, -0.15) is 0 Å². The molecule has 0 amide bonds. The van der Waals surface area contributed by atoms with Crippen LogP contribution in [-0.2, 0) is 4.79 Å². The van der Waals surface area contributed by atoms with Crippen LogP contribution in [0.1, 0.15) is 37.7 Å². The predicted octanol–water partition coefficient (Wildman–Crippen LogP) is 4.20. The quantitative estimate of drug-likeness (QED) is 0.776. The molecular weight excluding hydrogens is 269 g/mol. The zero-order valence-corrected chi connectivity index (χ0v) is 12.0. The molecule has 1 aromatic rings. The van der Waals surface area contributed by atoms with Crippen molar-refractivity contribution in [2.75, 3.05) is 18.0 Å². The van der Waals surface area contributed by atoms with Crippen LogP contribution in [0.4, 0.5) is 5.69 Å². The molecule has 0 bridgehead atoms. The summed E-state index contributed by atoms with van der Waals surface area (Å²) in [6.45, 7) is 3.91. The van der Waals surface area contributed by atoms with Gasteiger partial charge in [-0.3, -0.25) is 4.79 Å². The van der Waals surface area contributed by atoms with Gasteiger partial charge in [-0.05, 0) is 48.6 Å². The lowest BCUT2D eigenvalue weighted by molar-refractivity contribution is -0.112. The maximum absolute atomic E-state index is 11.2. The van der Waals surface area contributed by atoms with E-state index in [9.17, 15) is 4.79 Å². The molecule has 1 atom stereocenters. The molecule has 0 radical (unpaired) electrons. The van der Waals surface area contributed by atoms with Gasteiger partial charge in [0.1, 0.15) is 0 Å². The van der Waals surface area contributed by atoms with Gasteiger partial charge in [-0.25, -0.2) is 0 Å². The molecule has 1 fully saturated rings. The van der Waals surface area contributed by atoms with Crippen molar-refractivity contribution in [2.24, 2.45) is 0 Å². The monoisotopic (exact) mass is 285 g/mol. The summed E-state index contributed by atoms with van der Waals surface area (Å²) in [7, 11) is 0. The molecule has 0 N–H and O–H groups in total. The maximum Gasteiger partial charge on any atom is 0.228 e. The lowest BCUT2D eigenvalue weighted by Crippen LogP contribution is -2.29. The third-order valence-electron chi connectivity index (χ3n) is 3.51. The summed E-state index contributed by atoms with van der Waals surface area (Å²) in [6.07, 6.45) is 3.73. The van der Waals surface area contributed by atoms with Gasteiger partial charge in [-0.15, -0.1) is 0 Å². The van der Waals surface area contributed by atoms with E-state index >= 15 is 0 Å². The average molecular weight is 286 g/mol. The number of rotatable bonds is 3. The second-order valence-corrected chi connectivity index (χ2v) is 5.56. The Morgan fingerprint density at radius 2 is 1.94 bits per heavy atom. The highest BCUT2D eigenvalue weighted by atomic mass is 35.5. The minimum atomic E-state index is -0.350. The highest BCUT2D eigenvalue weighted by Crippen LogP contribution is 2.31. The molecule has 0 spiro atoms. The maximum atomic E-state index is 11.2. The Balaban J connectivity index is 2.21. The molecule has 18 heavy (non-hydrogen) atoms. The Morgan fingerprint density at radius 3 is 2.50 bits per heavy atom. The van der Waals surface area contributed by atoms with Crippen LogP contribution in [0, 0.1) is 0 Å². The molecule has 0 aromatic heterocycles. The Labute approximate surface area is 118 Å². The van der Waals surface area contributed by atoms with E-state index in [1.807, 2.05) is 18.2 Å². The number of hydrogen-bond acceptors (Lipinski definition) is 2. The number of carbonyl (C=O) groups excluding carboxylic acids is 1. The van der Waals surface area contributed by atoms with Crippen molar-refractivity contribution < 1.29 is 4.79 Å². The molecule has 1 aromatic carbocycles. The topological polar surface area (TPSA) is 20.3 Å². The van der Waals surface area contributed by atoms with Gasteiger partial charge >= 0.3 is 0 Å². The van der Waals surface area contributed by atoms with Gasteiger partial charge in [0.25, 0.3) is 0 Å². The molecule has 0 unspecified atom stereocenters. The van der Waals surface area contributed by atoms with Crippen LogP contribution in [0.25, 0.3) is 0 Å². The first-order valence-corrected chi connectivity index (χ1v) is 7.09. The number of benzene rings is 1. The molecule has 98 valence electrons. The van der Waals surface area contributed by atoms with Crippen LogP contribution in [0.3, 0.4) is 0 Å². The highest BCUT2D eigenvalue weighted by Gasteiger charge is 2.17. The number of carbonyl (C=O) groups is 1. The van der Waals surface area contributed by atoms with E-state index in [0.717, 1.165) is 24.3 Å². The van der Waals surface area contributed by atoms with Gasteiger partial charge < -0.3 is 4.90 Å². The molecule has 1 aliphatic rings. The molecular formula is C14H17Cl2NO. The van der Waals surface area contributed by atoms with E-state index < -0.39 is 0 Å². The third kappa shape index (κ3) is 2.99. The van der Waals surface area contributed by atoms with Crippen LogP contribution in [0.5, 0.6) is 0 Å². The SMILES string of the molecule is C[C@@H](C(=O)Cl)c1ccc(N2CCCCC2)c(Cl)c1. The molecule has 0 saturated carbocycles. The first-order chi connectivity index (χ1) is 8.59. The summed E-state index contributed by atoms with van der Waals surface area (Å²) in [5.74, 6) is -0.306. The molecule has 0 aliphatic carbocycles. The summed E-state index contributed by atoms with van der Waals surface area (Å²) in [5, 5.41) is 0.357. The van der Waals surface area contributed by atoms with Crippen LogP contribution in [0.15, 0.2) is 18.2 Å². The van der Waals surface area contributed by atoms with Gasteiger partial charge in [0.2, 0.25) is 5.24 Å². The number of halogens is 2. The fourth-order valence-corrected chi connectivity index (χ4v) is 2.75. The second-order valence-electron chi connectivity index (χ2n) is 4.78. The smallest absolute Gasteiger partial charge is 0.228 e. The zero-order chi connectivity index (χ0) is 13.1. The van der Waals surface area contributed by atoms with Crippen molar-refractivity contribution in [3.05, 3.63) is 28.8 Å².